The lowest BCUT2D eigenvalue weighted by molar-refractivity contribution is -0.232. The van der Waals surface area contributed by atoms with E-state index in [1.165, 1.54) is 6.92 Å². The Balaban J connectivity index is 1.73. The second kappa shape index (κ2) is 15.1. The van der Waals surface area contributed by atoms with Crippen molar-refractivity contribution in [1.29, 1.82) is 0 Å². The molecule has 0 N–H and O–H groups in total. The average Bonchev–Trinajstić information content (AvgIpc) is 2.93. The Morgan fingerprint density at radius 2 is 1.69 bits per heavy atom. The van der Waals surface area contributed by atoms with E-state index in [1.807, 2.05) is 60.7 Å². The van der Waals surface area contributed by atoms with Crippen molar-refractivity contribution in [2.45, 2.75) is 77.2 Å². The van der Waals surface area contributed by atoms with Crippen LogP contribution in [0.1, 0.15) is 51.2 Å². The first-order chi connectivity index (χ1) is 18.6. The van der Waals surface area contributed by atoms with E-state index in [9.17, 15) is 13.2 Å². The molecule has 3 rings (SSSR count). The third-order valence-electron chi connectivity index (χ3n) is 6.91. The predicted molar refractivity (Wildman–Crippen MR) is 149 cm³/mol. The highest BCUT2D eigenvalue weighted by Crippen LogP contribution is 2.39. The van der Waals surface area contributed by atoms with E-state index >= 15 is 0 Å². The van der Waals surface area contributed by atoms with Crippen molar-refractivity contribution < 1.29 is 36.3 Å². The third kappa shape index (κ3) is 10.2. The molecule has 0 saturated carbocycles. The standard InChI is InChI=1S/C29H39ClO8S/c1-22(15-17-34-18-24-10-6-4-7-11-24)28-26(36-19-25-12-8-5-9-13-25)14-16-29(3,37-28)27(20-35-23(2)31)38-39(32,33)21-30/h4-13,22,26-28H,14-21H2,1-3H3/t22-,26+,27-,28-,29+/m1/s1. The molecule has 1 fully saturated rings. The number of esters is 1. The van der Waals surface area contributed by atoms with E-state index < -0.39 is 33.0 Å². The van der Waals surface area contributed by atoms with Crippen LogP contribution in [-0.4, -0.2) is 56.7 Å². The summed E-state index contributed by atoms with van der Waals surface area (Å²) in [6, 6.07) is 19.9. The minimum atomic E-state index is -4.05. The molecule has 0 unspecified atom stereocenters. The van der Waals surface area contributed by atoms with Gasteiger partial charge in [-0.3, -0.25) is 8.98 Å². The molecule has 0 aliphatic carbocycles. The maximum Gasteiger partial charge on any atom is 0.302 e. The molecule has 10 heteroatoms. The van der Waals surface area contributed by atoms with Crippen LogP contribution in [0.4, 0.5) is 0 Å². The molecule has 2 aromatic rings. The molecule has 0 spiro atoms. The van der Waals surface area contributed by atoms with Gasteiger partial charge < -0.3 is 18.9 Å². The Morgan fingerprint density at radius 1 is 1.08 bits per heavy atom. The van der Waals surface area contributed by atoms with Crippen molar-refractivity contribution in [2.24, 2.45) is 5.92 Å². The van der Waals surface area contributed by atoms with E-state index in [0.717, 1.165) is 11.1 Å². The molecular formula is C29H39ClO8S. The number of rotatable bonds is 15. The van der Waals surface area contributed by atoms with Gasteiger partial charge in [0, 0.05) is 13.5 Å². The van der Waals surface area contributed by atoms with Gasteiger partial charge in [-0.25, -0.2) is 0 Å². The van der Waals surface area contributed by atoms with Gasteiger partial charge in [-0.1, -0.05) is 67.6 Å². The smallest absolute Gasteiger partial charge is 0.302 e. The molecule has 0 radical (unpaired) electrons. The molecule has 5 atom stereocenters. The topological polar surface area (TPSA) is 97.4 Å². The fourth-order valence-electron chi connectivity index (χ4n) is 4.61. The van der Waals surface area contributed by atoms with Crippen LogP contribution < -0.4 is 0 Å². The Bertz CT molecular complexity index is 1110. The summed E-state index contributed by atoms with van der Waals surface area (Å²) in [6.07, 6.45) is 0.0583. The molecule has 2 aromatic carbocycles. The molecule has 0 amide bonds. The summed E-state index contributed by atoms with van der Waals surface area (Å²) in [6.45, 7) is 6.28. The van der Waals surface area contributed by atoms with Gasteiger partial charge in [-0.2, -0.15) is 8.42 Å². The largest absolute Gasteiger partial charge is 0.463 e. The van der Waals surface area contributed by atoms with Crippen molar-refractivity contribution in [3.63, 3.8) is 0 Å². The molecule has 0 bridgehead atoms. The Labute approximate surface area is 237 Å². The number of halogens is 1. The highest BCUT2D eigenvalue weighted by atomic mass is 35.5. The Hall–Kier alpha value is -2.01. The van der Waals surface area contributed by atoms with Gasteiger partial charge in [0.05, 0.1) is 31.0 Å². The monoisotopic (exact) mass is 582 g/mol. The average molecular weight is 583 g/mol. The zero-order valence-electron chi connectivity index (χ0n) is 22.8. The van der Waals surface area contributed by atoms with Gasteiger partial charge in [0.25, 0.3) is 10.1 Å². The quantitative estimate of drug-likeness (QED) is 0.122. The van der Waals surface area contributed by atoms with E-state index in [1.54, 1.807) is 6.92 Å². The SMILES string of the molecule is CC(=O)OC[C@@H](OS(=O)(=O)CCl)[C@]1(C)CC[C@H](OCc2ccccc2)[C@@H]([C@H](C)CCOCc2ccccc2)O1. The summed E-state index contributed by atoms with van der Waals surface area (Å²) in [4.78, 5) is 11.5. The van der Waals surface area contributed by atoms with Crippen LogP contribution in [0.25, 0.3) is 0 Å². The van der Waals surface area contributed by atoms with Crippen molar-refractivity contribution >= 4 is 27.7 Å². The summed E-state index contributed by atoms with van der Waals surface area (Å²) in [5.41, 5.74) is 1.08. The molecule has 1 heterocycles. The van der Waals surface area contributed by atoms with Crippen molar-refractivity contribution in [2.75, 3.05) is 18.4 Å². The van der Waals surface area contributed by atoms with Crippen LogP contribution in [-0.2, 0) is 51.3 Å². The van der Waals surface area contributed by atoms with Crippen LogP contribution >= 0.6 is 11.6 Å². The molecule has 1 aliphatic rings. The Kier molecular flexibility index (Phi) is 12.2. The van der Waals surface area contributed by atoms with Gasteiger partial charge in [-0.05, 0) is 43.2 Å². The maximum absolute atomic E-state index is 12.3. The molecule has 8 nitrogen and oxygen atoms in total. The van der Waals surface area contributed by atoms with Crippen LogP contribution in [0.15, 0.2) is 60.7 Å². The maximum atomic E-state index is 12.3. The second-order valence-electron chi connectivity index (χ2n) is 10.1. The van der Waals surface area contributed by atoms with E-state index in [0.29, 0.717) is 39.1 Å². The molecule has 216 valence electrons. The first-order valence-electron chi connectivity index (χ1n) is 13.2. The van der Waals surface area contributed by atoms with E-state index in [4.69, 9.17) is 34.7 Å². The lowest BCUT2D eigenvalue weighted by Crippen LogP contribution is -2.57. The minimum Gasteiger partial charge on any atom is -0.463 e. The first kappa shape index (κ1) is 31.5. The molecular weight excluding hydrogens is 544 g/mol. The van der Waals surface area contributed by atoms with E-state index in [-0.39, 0.29) is 24.7 Å². The fraction of sp³-hybridized carbons (Fsp3) is 0.552. The lowest BCUT2D eigenvalue weighted by Gasteiger charge is -2.47. The van der Waals surface area contributed by atoms with Crippen molar-refractivity contribution in [3.05, 3.63) is 71.8 Å². The third-order valence-corrected chi connectivity index (χ3v) is 8.50. The molecule has 39 heavy (non-hydrogen) atoms. The number of ether oxygens (including phenoxy) is 4. The minimum absolute atomic E-state index is 0.0141. The first-order valence-corrected chi connectivity index (χ1v) is 15.3. The molecule has 1 saturated heterocycles. The highest BCUT2D eigenvalue weighted by molar-refractivity contribution is 7.87. The highest BCUT2D eigenvalue weighted by Gasteiger charge is 2.48. The number of carbonyl (C=O) groups is 1. The predicted octanol–water partition coefficient (Wildman–Crippen LogP) is 5.23. The van der Waals surface area contributed by atoms with Gasteiger partial charge >= 0.3 is 5.97 Å². The van der Waals surface area contributed by atoms with Crippen LogP contribution in [0.2, 0.25) is 0 Å². The molecule has 0 aromatic heterocycles. The summed E-state index contributed by atoms with van der Waals surface area (Å²) in [5, 5.41) is -0.721. The van der Waals surface area contributed by atoms with E-state index in [2.05, 4.69) is 6.92 Å². The Morgan fingerprint density at radius 3 is 2.28 bits per heavy atom. The lowest BCUT2D eigenvalue weighted by atomic mass is 9.83. The van der Waals surface area contributed by atoms with Crippen LogP contribution in [0, 0.1) is 5.92 Å². The zero-order chi connectivity index (χ0) is 28.3. The second-order valence-corrected chi connectivity index (χ2v) is 12.3. The zero-order valence-corrected chi connectivity index (χ0v) is 24.4. The number of carbonyl (C=O) groups excluding carboxylic acids is 1. The summed E-state index contributed by atoms with van der Waals surface area (Å²) < 4.78 is 54.0. The number of hydrogen-bond acceptors (Lipinski definition) is 8. The van der Waals surface area contributed by atoms with Crippen molar-refractivity contribution in [3.8, 4) is 0 Å². The summed E-state index contributed by atoms with van der Waals surface area (Å²) >= 11 is 5.61. The normalized spacial score (nSPS) is 23.2. The van der Waals surface area contributed by atoms with Crippen molar-refractivity contribution in [1.82, 2.24) is 0 Å². The summed E-state index contributed by atoms with van der Waals surface area (Å²) in [5.74, 6) is -0.531. The van der Waals surface area contributed by atoms with Crippen LogP contribution in [0.3, 0.4) is 0 Å². The van der Waals surface area contributed by atoms with Gasteiger partial charge in [0.2, 0.25) is 0 Å². The number of alkyl halides is 1. The fourth-order valence-corrected chi connectivity index (χ4v) is 5.43. The molecule has 1 aliphatic heterocycles. The van der Waals surface area contributed by atoms with Gasteiger partial charge in [0.1, 0.15) is 17.9 Å². The summed E-state index contributed by atoms with van der Waals surface area (Å²) in [7, 11) is -4.05. The van der Waals surface area contributed by atoms with Gasteiger partial charge in [0.15, 0.2) is 0 Å². The number of benzene rings is 2. The van der Waals surface area contributed by atoms with Gasteiger partial charge in [-0.15, -0.1) is 11.6 Å². The number of hydrogen-bond donors (Lipinski definition) is 0. The van der Waals surface area contributed by atoms with Crippen LogP contribution in [0.5, 0.6) is 0 Å².